The molecule has 48 heavy (non-hydrogen) atoms. The van der Waals surface area contributed by atoms with Gasteiger partial charge in [0.1, 0.15) is 0 Å². The quantitative estimate of drug-likeness (QED) is 0.0950. The molecule has 0 N–H and O–H groups in total. The van der Waals surface area contributed by atoms with Gasteiger partial charge in [0.05, 0.1) is 24.3 Å². The topological polar surface area (TPSA) is 52.6 Å². The van der Waals surface area contributed by atoms with Crippen LogP contribution in [0.3, 0.4) is 0 Å². The number of hydrogen-bond acceptors (Lipinski definition) is 4. The number of carbonyl (C=O) groups excluding carboxylic acids is 2. The van der Waals surface area contributed by atoms with Gasteiger partial charge in [-0.2, -0.15) is 0 Å². The van der Waals surface area contributed by atoms with Gasteiger partial charge >= 0.3 is 11.9 Å². The summed E-state index contributed by atoms with van der Waals surface area (Å²) >= 11 is 0. The van der Waals surface area contributed by atoms with Gasteiger partial charge in [-0.25, -0.2) is 9.59 Å². The summed E-state index contributed by atoms with van der Waals surface area (Å²) < 4.78 is 11.7. The van der Waals surface area contributed by atoms with E-state index in [4.69, 9.17) is 9.47 Å². The first kappa shape index (κ1) is 31.4. The molecule has 7 aromatic carbocycles. The van der Waals surface area contributed by atoms with E-state index in [1.54, 1.807) is 0 Å². The number of hydrogen-bond donors (Lipinski definition) is 0. The zero-order valence-corrected chi connectivity index (χ0v) is 28.4. The molecule has 0 aliphatic rings. The fourth-order valence-corrected chi connectivity index (χ4v) is 6.82. The second-order valence-electron chi connectivity index (χ2n) is 13.9. The largest absolute Gasteiger partial charge is 0.462 e. The van der Waals surface area contributed by atoms with Gasteiger partial charge in [0.2, 0.25) is 0 Å². The van der Waals surface area contributed by atoms with Crippen LogP contribution >= 0.6 is 0 Å². The minimum atomic E-state index is -0.324. The first-order valence-corrected chi connectivity index (χ1v) is 16.8. The molecule has 240 valence electrons. The van der Waals surface area contributed by atoms with E-state index in [1.165, 1.54) is 11.1 Å². The molecule has 4 heteroatoms. The Morgan fingerprint density at radius 1 is 0.458 bits per heavy atom. The van der Waals surface area contributed by atoms with E-state index in [0.29, 0.717) is 24.3 Å². The molecule has 0 aliphatic heterocycles. The predicted molar refractivity (Wildman–Crippen MR) is 198 cm³/mol. The maximum atomic E-state index is 13.7. The highest BCUT2D eigenvalue weighted by molar-refractivity contribution is 6.38. The number of esters is 2. The molecule has 0 fully saturated rings. The lowest BCUT2D eigenvalue weighted by Crippen LogP contribution is -2.11. The van der Waals surface area contributed by atoms with Crippen molar-refractivity contribution in [2.45, 2.75) is 41.5 Å². The lowest BCUT2D eigenvalue weighted by molar-refractivity contribution is 0.0453. The molecule has 0 unspecified atom stereocenters. The molecule has 7 rings (SSSR count). The first-order chi connectivity index (χ1) is 23.1. The molecule has 0 aliphatic carbocycles. The van der Waals surface area contributed by atoms with E-state index in [-0.39, 0.29) is 23.8 Å². The van der Waals surface area contributed by atoms with Gasteiger partial charge < -0.3 is 9.47 Å². The van der Waals surface area contributed by atoms with Crippen LogP contribution in [0.1, 0.15) is 59.5 Å². The van der Waals surface area contributed by atoms with Gasteiger partial charge in [-0.15, -0.1) is 0 Å². The minimum absolute atomic E-state index is 0.221. The molecule has 0 saturated heterocycles. The van der Waals surface area contributed by atoms with E-state index < -0.39 is 0 Å². The summed E-state index contributed by atoms with van der Waals surface area (Å²) in [5.41, 5.74) is 7.49. The Kier molecular flexibility index (Phi) is 8.12. The van der Waals surface area contributed by atoms with Crippen LogP contribution in [-0.2, 0) is 9.47 Å². The van der Waals surface area contributed by atoms with Crippen molar-refractivity contribution in [3.05, 3.63) is 119 Å². The Morgan fingerprint density at radius 2 is 0.792 bits per heavy atom. The van der Waals surface area contributed by atoms with Gasteiger partial charge in [0.15, 0.2) is 0 Å². The van der Waals surface area contributed by atoms with Crippen molar-refractivity contribution in [1.29, 1.82) is 0 Å². The van der Waals surface area contributed by atoms with Gasteiger partial charge in [-0.05, 0) is 92.4 Å². The van der Waals surface area contributed by atoms with Crippen molar-refractivity contribution >= 4 is 55.0 Å². The number of carbonyl (C=O) groups is 2. The van der Waals surface area contributed by atoms with E-state index in [2.05, 4.69) is 86.6 Å². The Labute approximate surface area is 281 Å². The van der Waals surface area contributed by atoms with E-state index in [1.807, 2.05) is 52.0 Å². The number of benzene rings is 7. The lowest BCUT2D eigenvalue weighted by atomic mass is 9.82. The van der Waals surface area contributed by atoms with Crippen LogP contribution < -0.4 is 0 Å². The number of aryl methyl sites for hydroxylation is 2. The fraction of sp³-hybridized carbons (Fsp3) is 0.227. The number of rotatable bonds is 8. The van der Waals surface area contributed by atoms with Crippen molar-refractivity contribution < 1.29 is 19.1 Å². The first-order valence-electron chi connectivity index (χ1n) is 16.8. The molecule has 0 heterocycles. The molecule has 0 spiro atoms. The molecule has 4 nitrogen and oxygen atoms in total. The van der Waals surface area contributed by atoms with E-state index >= 15 is 0 Å². The van der Waals surface area contributed by atoms with Crippen molar-refractivity contribution in [3.63, 3.8) is 0 Å². The zero-order valence-electron chi connectivity index (χ0n) is 28.4. The average molecular weight is 633 g/mol. The van der Waals surface area contributed by atoms with E-state index in [9.17, 15) is 9.59 Å². The minimum Gasteiger partial charge on any atom is -0.462 e. The average Bonchev–Trinajstić information content (AvgIpc) is 3.08. The zero-order chi connectivity index (χ0) is 33.7. The molecule has 0 amide bonds. The smallest absolute Gasteiger partial charge is 0.338 e. The van der Waals surface area contributed by atoms with Crippen molar-refractivity contribution in [2.75, 3.05) is 13.2 Å². The third-order valence-corrected chi connectivity index (χ3v) is 9.16. The Balaban J connectivity index is 1.60. The second kappa shape index (κ2) is 12.4. The standard InChI is InChI=1S/C44H40O4/c1-25(2)23-47-43(45)37-21-19-35-34-18-16-32(30-13-9-28(6)10-14-30)40-38(44(46)48-24-26(3)4)22-20-36(42(34)40)33-17-15-31(39(37)41(33)35)29-11-7-27(5)8-12-29/h7-22,25-26H,23-24H2,1-6H3. The summed E-state index contributed by atoms with van der Waals surface area (Å²) in [6.07, 6.45) is 0. The van der Waals surface area contributed by atoms with Crippen LogP contribution in [-0.4, -0.2) is 25.2 Å². The maximum Gasteiger partial charge on any atom is 0.338 e. The second-order valence-corrected chi connectivity index (χ2v) is 13.9. The van der Waals surface area contributed by atoms with Crippen molar-refractivity contribution in [1.82, 2.24) is 0 Å². The monoisotopic (exact) mass is 632 g/mol. The lowest BCUT2D eigenvalue weighted by Gasteiger charge is -2.21. The summed E-state index contributed by atoms with van der Waals surface area (Å²) in [5.74, 6) is -0.206. The third kappa shape index (κ3) is 5.45. The Hall–Kier alpha value is -5.22. The number of ether oxygens (including phenoxy) is 2. The van der Waals surface area contributed by atoms with Crippen molar-refractivity contribution in [2.24, 2.45) is 11.8 Å². The summed E-state index contributed by atoms with van der Waals surface area (Å²) in [5, 5.41) is 7.88. The molecule has 0 aromatic heterocycles. The molecule has 0 atom stereocenters. The van der Waals surface area contributed by atoms with Gasteiger partial charge in [-0.1, -0.05) is 124 Å². The molecular weight excluding hydrogens is 592 g/mol. The molecule has 0 bridgehead atoms. The Bertz CT molecular complexity index is 2140. The van der Waals surface area contributed by atoms with Gasteiger partial charge in [0.25, 0.3) is 0 Å². The molecule has 0 saturated carbocycles. The van der Waals surface area contributed by atoms with Crippen LogP contribution in [0.4, 0.5) is 0 Å². The van der Waals surface area contributed by atoms with Crippen LogP contribution in [0.25, 0.3) is 65.3 Å². The highest BCUT2D eigenvalue weighted by atomic mass is 16.5. The number of fused-ring (bicyclic) bond motifs is 2. The van der Waals surface area contributed by atoms with Gasteiger partial charge in [0, 0.05) is 10.8 Å². The molecular formula is C44H40O4. The van der Waals surface area contributed by atoms with Crippen molar-refractivity contribution in [3.8, 4) is 22.3 Å². The third-order valence-electron chi connectivity index (χ3n) is 9.16. The van der Waals surface area contributed by atoms with Gasteiger partial charge in [-0.3, -0.25) is 0 Å². The highest BCUT2D eigenvalue weighted by Crippen LogP contribution is 2.47. The van der Waals surface area contributed by atoms with Crippen LogP contribution in [0.2, 0.25) is 0 Å². The summed E-state index contributed by atoms with van der Waals surface area (Å²) in [7, 11) is 0. The Morgan fingerprint density at radius 3 is 1.12 bits per heavy atom. The van der Waals surface area contributed by atoms with Crippen LogP contribution in [0.5, 0.6) is 0 Å². The van der Waals surface area contributed by atoms with Crippen LogP contribution in [0, 0.1) is 25.7 Å². The maximum absolute atomic E-state index is 13.7. The fourth-order valence-electron chi connectivity index (χ4n) is 6.82. The SMILES string of the molecule is Cc1ccc(-c2ccc3c4ccc(C(=O)OCC(C)C)c5c(-c6ccc(C)cc6)ccc(c6ccc(C(=O)OCC(C)C)c2c63)c54)cc1. The molecule has 7 aromatic rings. The summed E-state index contributed by atoms with van der Waals surface area (Å²) in [6, 6.07) is 33.3. The molecule has 0 radical (unpaired) electrons. The van der Waals surface area contributed by atoms with E-state index in [0.717, 1.165) is 65.3 Å². The summed E-state index contributed by atoms with van der Waals surface area (Å²) in [6.45, 7) is 13.0. The normalized spacial score (nSPS) is 11.8. The predicted octanol–water partition coefficient (Wildman–Crippen LogP) is 11.3. The highest BCUT2D eigenvalue weighted by Gasteiger charge is 2.25. The summed E-state index contributed by atoms with van der Waals surface area (Å²) in [4.78, 5) is 27.5. The van der Waals surface area contributed by atoms with Crippen LogP contribution in [0.15, 0.2) is 97.1 Å².